The van der Waals surface area contributed by atoms with Crippen LogP contribution in [0, 0.1) is 0 Å². The summed E-state index contributed by atoms with van der Waals surface area (Å²) in [6.07, 6.45) is -8.74. The SMILES string of the molecule is COc1cc([C@H]2CC(=O)c3c(O[C@@H]4OC(CO)[C@@H](O)[C@H](O)C4O)cc(O)cc3O2)cc(OC)c1O. The molecule has 12 nitrogen and oxygen atoms in total. The Kier molecular flexibility index (Phi) is 6.92. The second kappa shape index (κ2) is 9.76. The van der Waals surface area contributed by atoms with Crippen LogP contribution in [0.3, 0.4) is 0 Å². The van der Waals surface area contributed by atoms with Crippen LogP contribution in [0.25, 0.3) is 0 Å². The number of aliphatic hydroxyl groups excluding tert-OH is 4. The van der Waals surface area contributed by atoms with Crippen LogP contribution in [-0.4, -0.2) is 88.0 Å². The molecule has 1 fully saturated rings. The van der Waals surface area contributed by atoms with Gasteiger partial charge in [-0.2, -0.15) is 0 Å². The zero-order chi connectivity index (χ0) is 25.4. The van der Waals surface area contributed by atoms with Gasteiger partial charge in [0.2, 0.25) is 12.0 Å². The molecule has 0 bridgehead atoms. The fourth-order valence-corrected chi connectivity index (χ4v) is 4.08. The predicted molar refractivity (Wildman–Crippen MR) is 116 cm³/mol. The quantitative estimate of drug-likeness (QED) is 0.316. The smallest absolute Gasteiger partial charge is 0.229 e. The Morgan fingerprint density at radius 3 is 2.20 bits per heavy atom. The van der Waals surface area contributed by atoms with Gasteiger partial charge in [0, 0.05) is 17.7 Å². The van der Waals surface area contributed by atoms with Gasteiger partial charge in [-0.1, -0.05) is 0 Å². The van der Waals surface area contributed by atoms with Crippen molar-refractivity contribution in [2.45, 2.75) is 43.2 Å². The number of phenolic OH excluding ortho intramolecular Hbond substituents is 2. The fourth-order valence-electron chi connectivity index (χ4n) is 4.08. The van der Waals surface area contributed by atoms with Crippen molar-refractivity contribution < 1.29 is 59.1 Å². The molecule has 0 aromatic heterocycles. The van der Waals surface area contributed by atoms with E-state index in [0.29, 0.717) is 5.56 Å². The van der Waals surface area contributed by atoms with E-state index in [1.165, 1.54) is 32.4 Å². The number of Topliss-reactive ketones (excluding diaryl/α,β-unsaturated/α-hetero) is 1. The molecule has 0 saturated carbocycles. The number of ether oxygens (including phenoxy) is 5. The first-order chi connectivity index (χ1) is 16.7. The first-order valence-corrected chi connectivity index (χ1v) is 10.7. The molecule has 6 N–H and O–H groups in total. The molecule has 12 heteroatoms. The maximum atomic E-state index is 13.2. The van der Waals surface area contributed by atoms with E-state index in [9.17, 15) is 35.4 Å². The normalized spacial score (nSPS) is 28.1. The molecule has 2 aliphatic rings. The second-order valence-electron chi connectivity index (χ2n) is 8.14. The van der Waals surface area contributed by atoms with E-state index in [1.807, 2.05) is 0 Å². The summed E-state index contributed by atoms with van der Waals surface area (Å²) in [5, 5.41) is 60.0. The minimum Gasteiger partial charge on any atom is -0.508 e. The molecular weight excluding hydrogens is 468 g/mol. The van der Waals surface area contributed by atoms with Crippen molar-refractivity contribution in [3.63, 3.8) is 0 Å². The van der Waals surface area contributed by atoms with E-state index in [2.05, 4.69) is 0 Å². The lowest BCUT2D eigenvalue weighted by molar-refractivity contribution is -0.277. The van der Waals surface area contributed by atoms with Crippen molar-refractivity contribution in [1.82, 2.24) is 0 Å². The largest absolute Gasteiger partial charge is 0.508 e. The first-order valence-electron chi connectivity index (χ1n) is 10.7. The van der Waals surface area contributed by atoms with Crippen LogP contribution < -0.4 is 18.9 Å². The molecule has 2 aliphatic heterocycles. The highest BCUT2D eigenvalue weighted by atomic mass is 16.7. The Balaban J connectivity index is 1.66. The summed E-state index contributed by atoms with van der Waals surface area (Å²) in [5.41, 5.74) is 0.434. The summed E-state index contributed by atoms with van der Waals surface area (Å²) in [5.74, 6) is -0.938. The molecule has 0 spiro atoms. The number of benzene rings is 2. The summed E-state index contributed by atoms with van der Waals surface area (Å²) in [6.45, 7) is -0.660. The Morgan fingerprint density at radius 1 is 0.943 bits per heavy atom. The summed E-state index contributed by atoms with van der Waals surface area (Å²) in [4.78, 5) is 13.2. The summed E-state index contributed by atoms with van der Waals surface area (Å²) < 4.78 is 27.2. The Morgan fingerprint density at radius 2 is 1.60 bits per heavy atom. The van der Waals surface area contributed by atoms with Crippen LogP contribution in [-0.2, 0) is 4.74 Å². The third-order valence-electron chi connectivity index (χ3n) is 5.94. The fraction of sp³-hybridized carbons (Fsp3) is 0.435. The molecule has 190 valence electrons. The Labute approximate surface area is 199 Å². The maximum Gasteiger partial charge on any atom is 0.229 e. The summed E-state index contributed by atoms with van der Waals surface area (Å²) >= 11 is 0. The highest BCUT2D eigenvalue weighted by Gasteiger charge is 2.45. The van der Waals surface area contributed by atoms with Gasteiger partial charge in [0.05, 0.1) is 27.2 Å². The molecule has 0 aliphatic carbocycles. The van der Waals surface area contributed by atoms with Gasteiger partial charge in [-0.05, 0) is 12.1 Å². The molecule has 2 unspecified atom stereocenters. The first kappa shape index (κ1) is 24.8. The second-order valence-corrected chi connectivity index (χ2v) is 8.14. The van der Waals surface area contributed by atoms with Crippen molar-refractivity contribution in [3.05, 3.63) is 35.4 Å². The highest BCUT2D eigenvalue weighted by Crippen LogP contribution is 2.45. The number of rotatable bonds is 6. The zero-order valence-electron chi connectivity index (χ0n) is 18.8. The number of phenols is 2. The van der Waals surface area contributed by atoms with Crippen molar-refractivity contribution >= 4 is 5.78 Å². The minimum absolute atomic E-state index is 0.0168. The Hall–Kier alpha value is -3.29. The lowest BCUT2D eigenvalue weighted by atomic mass is 9.94. The monoisotopic (exact) mass is 494 g/mol. The van der Waals surface area contributed by atoms with E-state index >= 15 is 0 Å². The summed E-state index contributed by atoms with van der Waals surface area (Å²) in [6, 6.07) is 5.33. The third kappa shape index (κ3) is 4.54. The van der Waals surface area contributed by atoms with E-state index < -0.39 is 49.2 Å². The van der Waals surface area contributed by atoms with Crippen molar-refractivity contribution in [3.8, 4) is 34.5 Å². The van der Waals surface area contributed by atoms with E-state index in [0.717, 1.165) is 6.07 Å². The maximum absolute atomic E-state index is 13.2. The molecule has 2 heterocycles. The predicted octanol–water partition coefficient (Wildman–Crippen LogP) is 0.000200. The number of hydrogen-bond donors (Lipinski definition) is 6. The molecule has 0 amide bonds. The van der Waals surface area contributed by atoms with Gasteiger partial charge in [-0.25, -0.2) is 0 Å². The molecular formula is C23H26O12. The lowest BCUT2D eigenvalue weighted by Crippen LogP contribution is -2.60. The van der Waals surface area contributed by atoms with Gasteiger partial charge in [0.15, 0.2) is 17.3 Å². The Bertz CT molecular complexity index is 1080. The third-order valence-corrected chi connectivity index (χ3v) is 5.94. The van der Waals surface area contributed by atoms with Crippen LogP contribution in [0.1, 0.15) is 28.4 Å². The number of methoxy groups -OCH3 is 2. The van der Waals surface area contributed by atoms with Crippen LogP contribution in [0.2, 0.25) is 0 Å². The molecule has 2 aromatic carbocycles. The number of fused-ring (bicyclic) bond motifs is 1. The van der Waals surface area contributed by atoms with Gasteiger partial charge in [0.25, 0.3) is 0 Å². The van der Waals surface area contributed by atoms with Gasteiger partial charge < -0.3 is 54.3 Å². The van der Waals surface area contributed by atoms with Gasteiger partial charge in [-0.3, -0.25) is 4.79 Å². The average molecular weight is 494 g/mol. The van der Waals surface area contributed by atoms with Crippen molar-refractivity contribution in [2.75, 3.05) is 20.8 Å². The average Bonchev–Trinajstić information content (AvgIpc) is 2.83. The standard InChI is InChI=1S/C23H26O12/c1-31-15-3-9(4-16(32-2)19(15)27)12-7-11(26)18-13(33-12)5-10(25)6-14(18)34-23-22(30)21(29)20(28)17(8-24)35-23/h3-6,12,17,20-25,27-30H,7-8H2,1-2H3/t12-,17?,20-,21+,22?,23-/m1/s1. The number of aromatic hydroxyl groups is 2. The number of carbonyl (C=O) groups excluding carboxylic acids is 1. The van der Waals surface area contributed by atoms with Gasteiger partial charge >= 0.3 is 0 Å². The molecule has 35 heavy (non-hydrogen) atoms. The number of aliphatic hydroxyl groups is 4. The van der Waals surface area contributed by atoms with Crippen LogP contribution in [0.4, 0.5) is 0 Å². The molecule has 6 atom stereocenters. The van der Waals surface area contributed by atoms with Crippen molar-refractivity contribution in [1.29, 1.82) is 0 Å². The van der Waals surface area contributed by atoms with Gasteiger partial charge in [-0.15, -0.1) is 0 Å². The van der Waals surface area contributed by atoms with E-state index in [4.69, 9.17) is 23.7 Å². The number of carbonyl (C=O) groups is 1. The van der Waals surface area contributed by atoms with Crippen LogP contribution in [0.5, 0.6) is 34.5 Å². The molecule has 4 rings (SSSR count). The van der Waals surface area contributed by atoms with E-state index in [-0.39, 0.29) is 46.5 Å². The van der Waals surface area contributed by atoms with Crippen molar-refractivity contribution in [2.24, 2.45) is 0 Å². The van der Waals surface area contributed by atoms with Gasteiger partial charge in [0.1, 0.15) is 53.3 Å². The zero-order valence-corrected chi connectivity index (χ0v) is 18.8. The lowest BCUT2D eigenvalue weighted by Gasteiger charge is -2.40. The number of ketones is 1. The molecule has 1 saturated heterocycles. The number of hydrogen-bond acceptors (Lipinski definition) is 12. The van der Waals surface area contributed by atoms with Crippen LogP contribution >= 0.6 is 0 Å². The summed E-state index contributed by atoms with van der Waals surface area (Å²) in [7, 11) is 2.72. The van der Waals surface area contributed by atoms with Crippen LogP contribution in [0.15, 0.2) is 24.3 Å². The topological polar surface area (TPSA) is 185 Å². The highest BCUT2D eigenvalue weighted by molar-refractivity contribution is 6.03. The molecule has 0 radical (unpaired) electrons. The minimum atomic E-state index is -1.71. The molecule has 2 aromatic rings. The van der Waals surface area contributed by atoms with E-state index in [1.54, 1.807) is 0 Å².